The van der Waals surface area contributed by atoms with Crippen LogP contribution in [0.25, 0.3) is 0 Å². The number of esters is 1. The van der Waals surface area contributed by atoms with Gasteiger partial charge in [0.05, 0.1) is 13.0 Å². The summed E-state index contributed by atoms with van der Waals surface area (Å²) in [6.07, 6.45) is 2.57. The number of rotatable bonds is 6. The number of carbonyl (C=O) groups is 1. The molecule has 1 saturated carbocycles. The first kappa shape index (κ1) is 13.0. The smallest absolute Gasteiger partial charge is 0.307 e. The monoisotopic (exact) mass is 251 g/mol. The Labute approximate surface area is 106 Å². The summed E-state index contributed by atoms with van der Waals surface area (Å²) in [6.45, 7) is 2.18. The molecule has 1 fully saturated rings. The van der Waals surface area contributed by atoms with E-state index in [-0.39, 0.29) is 24.2 Å². The molecule has 1 aliphatic carbocycles. The molecule has 1 aromatic rings. The maximum atomic E-state index is 12.9. The van der Waals surface area contributed by atoms with Crippen LogP contribution in [0.4, 0.5) is 4.39 Å². The predicted octanol–water partition coefficient (Wildman–Crippen LogP) is 2.57. The largest absolute Gasteiger partial charge is 0.466 e. The van der Waals surface area contributed by atoms with Crippen LogP contribution in [0.3, 0.4) is 0 Å². The molecule has 0 heterocycles. The van der Waals surface area contributed by atoms with Crippen molar-refractivity contribution in [2.45, 2.75) is 38.3 Å². The SMILES string of the molecule is CCOC(=O)CC(NC1CC1)c1ccc(F)cc1. The van der Waals surface area contributed by atoms with Crippen molar-refractivity contribution in [1.82, 2.24) is 5.32 Å². The van der Waals surface area contributed by atoms with Gasteiger partial charge in [-0.1, -0.05) is 12.1 Å². The summed E-state index contributed by atoms with van der Waals surface area (Å²) in [4.78, 5) is 11.6. The van der Waals surface area contributed by atoms with Crippen molar-refractivity contribution >= 4 is 5.97 Å². The topological polar surface area (TPSA) is 38.3 Å². The minimum Gasteiger partial charge on any atom is -0.466 e. The zero-order chi connectivity index (χ0) is 13.0. The third-order valence-corrected chi connectivity index (χ3v) is 2.96. The molecule has 1 aliphatic rings. The molecule has 1 unspecified atom stereocenters. The van der Waals surface area contributed by atoms with E-state index in [0.29, 0.717) is 12.6 Å². The lowest BCUT2D eigenvalue weighted by atomic mass is 10.0. The van der Waals surface area contributed by atoms with E-state index in [1.54, 1.807) is 19.1 Å². The molecule has 2 rings (SSSR count). The Balaban J connectivity index is 2.03. The fourth-order valence-corrected chi connectivity index (χ4v) is 1.89. The third kappa shape index (κ3) is 3.81. The molecule has 0 amide bonds. The van der Waals surface area contributed by atoms with E-state index in [2.05, 4.69) is 5.32 Å². The molecule has 0 aromatic heterocycles. The minimum atomic E-state index is -0.264. The highest BCUT2D eigenvalue weighted by atomic mass is 19.1. The fraction of sp³-hybridized carbons (Fsp3) is 0.500. The lowest BCUT2D eigenvalue weighted by Crippen LogP contribution is -2.26. The molecule has 1 N–H and O–H groups in total. The van der Waals surface area contributed by atoms with Gasteiger partial charge in [0.25, 0.3) is 0 Å². The molecule has 0 saturated heterocycles. The fourth-order valence-electron chi connectivity index (χ4n) is 1.89. The lowest BCUT2D eigenvalue weighted by Gasteiger charge is -2.18. The van der Waals surface area contributed by atoms with Crippen LogP contribution in [0.5, 0.6) is 0 Å². The second-order valence-electron chi connectivity index (χ2n) is 4.55. The number of nitrogens with one attached hydrogen (secondary N) is 1. The zero-order valence-electron chi connectivity index (χ0n) is 10.5. The van der Waals surface area contributed by atoms with Gasteiger partial charge in [0, 0.05) is 12.1 Å². The van der Waals surface area contributed by atoms with Crippen molar-refractivity contribution in [2.75, 3.05) is 6.61 Å². The first-order valence-corrected chi connectivity index (χ1v) is 6.36. The van der Waals surface area contributed by atoms with E-state index < -0.39 is 0 Å². The Bertz CT molecular complexity index is 401. The second kappa shape index (κ2) is 5.96. The Kier molecular flexibility index (Phi) is 4.31. The van der Waals surface area contributed by atoms with Gasteiger partial charge in [-0.25, -0.2) is 4.39 Å². The molecule has 0 radical (unpaired) electrons. The zero-order valence-corrected chi connectivity index (χ0v) is 10.5. The van der Waals surface area contributed by atoms with Gasteiger partial charge in [-0.15, -0.1) is 0 Å². The standard InChI is InChI=1S/C14H18FNO2/c1-2-18-14(17)9-13(16-12-7-8-12)10-3-5-11(15)6-4-10/h3-6,12-13,16H,2,7-9H2,1H3. The van der Waals surface area contributed by atoms with Gasteiger partial charge >= 0.3 is 5.97 Å². The number of ether oxygens (including phenoxy) is 1. The summed E-state index contributed by atoms with van der Waals surface area (Å²) in [5.74, 6) is -0.486. The number of halogens is 1. The molecular weight excluding hydrogens is 233 g/mol. The third-order valence-electron chi connectivity index (χ3n) is 2.96. The van der Waals surface area contributed by atoms with Crippen molar-refractivity contribution in [1.29, 1.82) is 0 Å². The highest BCUT2D eigenvalue weighted by Crippen LogP contribution is 2.26. The van der Waals surface area contributed by atoms with Crippen LogP contribution in [-0.2, 0) is 9.53 Å². The van der Waals surface area contributed by atoms with Crippen LogP contribution in [0.15, 0.2) is 24.3 Å². The Morgan fingerprint density at radius 1 is 1.44 bits per heavy atom. The minimum absolute atomic E-state index is 0.0860. The highest BCUT2D eigenvalue weighted by Gasteiger charge is 2.27. The predicted molar refractivity (Wildman–Crippen MR) is 66.5 cm³/mol. The van der Waals surface area contributed by atoms with Crippen molar-refractivity contribution in [3.05, 3.63) is 35.6 Å². The van der Waals surface area contributed by atoms with Crippen molar-refractivity contribution in [3.8, 4) is 0 Å². The van der Waals surface area contributed by atoms with Gasteiger partial charge in [0.15, 0.2) is 0 Å². The first-order valence-electron chi connectivity index (χ1n) is 6.36. The van der Waals surface area contributed by atoms with Gasteiger partial charge in [-0.05, 0) is 37.5 Å². The number of carbonyl (C=O) groups excluding carboxylic acids is 1. The van der Waals surface area contributed by atoms with E-state index in [4.69, 9.17) is 4.74 Å². The van der Waals surface area contributed by atoms with Gasteiger partial charge in [-0.3, -0.25) is 4.79 Å². The quantitative estimate of drug-likeness (QED) is 0.790. The number of hydrogen-bond acceptors (Lipinski definition) is 3. The summed E-state index contributed by atoms with van der Waals surface area (Å²) in [7, 11) is 0. The molecule has 3 nitrogen and oxygen atoms in total. The lowest BCUT2D eigenvalue weighted by molar-refractivity contribution is -0.143. The van der Waals surface area contributed by atoms with E-state index in [1.807, 2.05) is 0 Å². The average Bonchev–Trinajstić information content (AvgIpc) is 3.13. The van der Waals surface area contributed by atoms with Crippen LogP contribution in [0.2, 0.25) is 0 Å². The molecular formula is C14H18FNO2. The average molecular weight is 251 g/mol. The van der Waals surface area contributed by atoms with Crippen LogP contribution in [-0.4, -0.2) is 18.6 Å². The molecule has 98 valence electrons. The molecule has 18 heavy (non-hydrogen) atoms. The van der Waals surface area contributed by atoms with E-state index >= 15 is 0 Å². The van der Waals surface area contributed by atoms with E-state index in [1.165, 1.54) is 12.1 Å². The molecule has 0 aliphatic heterocycles. The summed E-state index contributed by atoms with van der Waals surface area (Å²) in [5.41, 5.74) is 0.927. The van der Waals surface area contributed by atoms with Crippen LogP contribution in [0, 0.1) is 5.82 Å². The number of benzene rings is 1. The van der Waals surface area contributed by atoms with Crippen molar-refractivity contribution in [3.63, 3.8) is 0 Å². The molecule has 0 bridgehead atoms. The van der Waals surface area contributed by atoms with Gasteiger partial charge in [-0.2, -0.15) is 0 Å². The summed E-state index contributed by atoms with van der Waals surface area (Å²) in [6, 6.07) is 6.67. The van der Waals surface area contributed by atoms with Crippen LogP contribution < -0.4 is 5.32 Å². The highest BCUT2D eigenvalue weighted by molar-refractivity contribution is 5.70. The molecule has 0 spiro atoms. The second-order valence-corrected chi connectivity index (χ2v) is 4.55. The summed E-state index contributed by atoms with van der Waals surface area (Å²) in [5, 5.41) is 3.39. The molecule has 4 heteroatoms. The van der Waals surface area contributed by atoms with E-state index in [9.17, 15) is 9.18 Å². The van der Waals surface area contributed by atoms with Crippen LogP contribution in [0.1, 0.15) is 37.8 Å². The Morgan fingerprint density at radius 2 is 2.11 bits per heavy atom. The molecule has 1 atom stereocenters. The summed E-state index contributed by atoms with van der Waals surface area (Å²) >= 11 is 0. The Hall–Kier alpha value is -1.42. The van der Waals surface area contributed by atoms with Gasteiger partial charge in [0.1, 0.15) is 5.82 Å². The Morgan fingerprint density at radius 3 is 2.67 bits per heavy atom. The normalized spacial score (nSPS) is 16.3. The first-order chi connectivity index (χ1) is 8.69. The van der Waals surface area contributed by atoms with Gasteiger partial charge in [0.2, 0.25) is 0 Å². The number of hydrogen-bond donors (Lipinski definition) is 1. The van der Waals surface area contributed by atoms with E-state index in [0.717, 1.165) is 18.4 Å². The maximum Gasteiger partial charge on any atom is 0.307 e. The van der Waals surface area contributed by atoms with Crippen molar-refractivity contribution < 1.29 is 13.9 Å². The summed E-state index contributed by atoms with van der Waals surface area (Å²) < 4.78 is 17.9. The maximum absolute atomic E-state index is 12.9. The van der Waals surface area contributed by atoms with Crippen molar-refractivity contribution in [2.24, 2.45) is 0 Å². The van der Waals surface area contributed by atoms with Crippen LogP contribution >= 0.6 is 0 Å². The van der Waals surface area contributed by atoms with Gasteiger partial charge < -0.3 is 10.1 Å². The molecule has 1 aromatic carbocycles.